The van der Waals surface area contributed by atoms with Gasteiger partial charge in [-0.25, -0.2) is 9.97 Å². The number of thiazole rings is 1. The molecule has 1 N–H and O–H groups in total. The van der Waals surface area contributed by atoms with Crippen LogP contribution in [0.3, 0.4) is 0 Å². The van der Waals surface area contributed by atoms with E-state index in [1.165, 1.54) is 5.69 Å². The van der Waals surface area contributed by atoms with E-state index in [9.17, 15) is 0 Å². The predicted molar refractivity (Wildman–Crippen MR) is 74.9 cm³/mol. The molecule has 0 aliphatic heterocycles. The van der Waals surface area contributed by atoms with Crippen LogP contribution in [0.2, 0.25) is 0 Å². The lowest BCUT2D eigenvalue weighted by Gasteiger charge is -2.17. The number of hydrogen-bond acceptors (Lipinski definition) is 4. The number of nitrogens with one attached hydrogen (secondary N) is 1. The second-order valence-electron chi connectivity index (χ2n) is 4.33. The zero-order chi connectivity index (χ0) is 13.0. The van der Waals surface area contributed by atoms with Crippen molar-refractivity contribution in [2.24, 2.45) is 0 Å². The summed E-state index contributed by atoms with van der Waals surface area (Å²) in [5.74, 6) is 0. The minimum absolute atomic E-state index is 0.155. The van der Waals surface area contributed by atoms with Crippen molar-refractivity contribution >= 4 is 11.3 Å². The molecule has 4 nitrogen and oxygen atoms in total. The third kappa shape index (κ3) is 2.79. The molecule has 5 heteroatoms. The summed E-state index contributed by atoms with van der Waals surface area (Å²) in [7, 11) is 0. The average molecular weight is 264 g/mol. The first kappa shape index (κ1) is 13.2. The van der Waals surface area contributed by atoms with Gasteiger partial charge < -0.3 is 9.88 Å². The fourth-order valence-electron chi connectivity index (χ4n) is 2.03. The molecule has 18 heavy (non-hydrogen) atoms. The molecular weight excluding hydrogens is 244 g/mol. The summed E-state index contributed by atoms with van der Waals surface area (Å²) >= 11 is 1.71. The molecule has 2 aromatic heterocycles. The van der Waals surface area contributed by atoms with Crippen LogP contribution in [0, 0.1) is 6.92 Å². The minimum Gasteiger partial charge on any atom is -0.333 e. The van der Waals surface area contributed by atoms with Gasteiger partial charge in [0.2, 0.25) is 0 Å². The maximum Gasteiger partial charge on any atom is 0.116 e. The van der Waals surface area contributed by atoms with Crippen molar-refractivity contribution < 1.29 is 0 Å². The van der Waals surface area contributed by atoms with Gasteiger partial charge in [0.05, 0.1) is 18.2 Å². The second-order valence-corrected chi connectivity index (χ2v) is 5.22. The van der Waals surface area contributed by atoms with Gasteiger partial charge in [-0.05, 0) is 19.9 Å². The summed E-state index contributed by atoms with van der Waals surface area (Å²) < 4.78 is 2.21. The summed E-state index contributed by atoms with van der Waals surface area (Å²) in [6.07, 6.45) is 4.96. The maximum absolute atomic E-state index is 4.60. The largest absolute Gasteiger partial charge is 0.333 e. The highest BCUT2D eigenvalue weighted by Crippen LogP contribution is 2.25. The van der Waals surface area contributed by atoms with E-state index in [1.807, 2.05) is 19.4 Å². The SMILES string of the molecule is CCCn1cncc1C(NCC)c1nc(C)cs1. The highest BCUT2D eigenvalue weighted by Gasteiger charge is 2.19. The first-order chi connectivity index (χ1) is 8.76. The standard InChI is InChI=1S/C13H20N4S/c1-4-6-17-9-14-7-11(17)12(15-5-2)13-16-10(3)8-18-13/h7-9,12,15H,4-6H2,1-3H3. The Morgan fingerprint density at radius 3 is 2.89 bits per heavy atom. The number of hydrogen-bond donors (Lipinski definition) is 1. The Bertz CT molecular complexity index is 489. The van der Waals surface area contributed by atoms with Crippen molar-refractivity contribution in [2.45, 2.75) is 39.8 Å². The van der Waals surface area contributed by atoms with E-state index in [0.717, 1.165) is 30.2 Å². The van der Waals surface area contributed by atoms with Crippen LogP contribution in [0.4, 0.5) is 0 Å². The van der Waals surface area contributed by atoms with Crippen molar-refractivity contribution in [1.29, 1.82) is 0 Å². The lowest BCUT2D eigenvalue weighted by atomic mass is 10.2. The molecule has 0 fully saturated rings. The van der Waals surface area contributed by atoms with Gasteiger partial charge in [-0.3, -0.25) is 0 Å². The van der Waals surface area contributed by atoms with Gasteiger partial charge in [-0.1, -0.05) is 13.8 Å². The van der Waals surface area contributed by atoms with E-state index >= 15 is 0 Å². The van der Waals surface area contributed by atoms with E-state index in [0.29, 0.717) is 0 Å². The molecule has 0 aromatic carbocycles. The molecular formula is C13H20N4S. The van der Waals surface area contributed by atoms with Gasteiger partial charge >= 0.3 is 0 Å². The predicted octanol–water partition coefficient (Wildman–Crippen LogP) is 2.76. The van der Waals surface area contributed by atoms with Gasteiger partial charge in [0, 0.05) is 17.6 Å². The van der Waals surface area contributed by atoms with E-state index in [2.05, 4.69) is 39.1 Å². The minimum atomic E-state index is 0.155. The van der Waals surface area contributed by atoms with E-state index in [1.54, 1.807) is 11.3 Å². The van der Waals surface area contributed by atoms with E-state index in [4.69, 9.17) is 0 Å². The summed E-state index contributed by atoms with van der Waals surface area (Å²) in [6.45, 7) is 8.25. The monoisotopic (exact) mass is 264 g/mol. The maximum atomic E-state index is 4.60. The molecule has 0 saturated heterocycles. The number of aryl methyl sites for hydroxylation is 2. The molecule has 2 rings (SSSR count). The Hall–Kier alpha value is -1.20. The van der Waals surface area contributed by atoms with Crippen LogP contribution in [0.15, 0.2) is 17.9 Å². The van der Waals surface area contributed by atoms with Crippen molar-refractivity contribution in [3.05, 3.63) is 34.3 Å². The fraction of sp³-hybridized carbons (Fsp3) is 0.538. The highest BCUT2D eigenvalue weighted by atomic mass is 32.1. The third-order valence-corrected chi connectivity index (χ3v) is 3.82. The number of nitrogens with zero attached hydrogens (tertiary/aromatic N) is 3. The Kier molecular flexibility index (Phi) is 4.49. The normalized spacial score (nSPS) is 12.8. The Morgan fingerprint density at radius 1 is 1.44 bits per heavy atom. The summed E-state index contributed by atoms with van der Waals surface area (Å²) in [5, 5.41) is 6.72. The van der Waals surface area contributed by atoms with Crippen LogP contribution in [-0.2, 0) is 6.54 Å². The first-order valence-electron chi connectivity index (χ1n) is 6.41. The van der Waals surface area contributed by atoms with Crippen molar-refractivity contribution in [2.75, 3.05) is 6.54 Å². The lowest BCUT2D eigenvalue weighted by Crippen LogP contribution is -2.24. The quantitative estimate of drug-likeness (QED) is 0.872. The molecule has 2 heterocycles. The summed E-state index contributed by atoms with van der Waals surface area (Å²) in [5.41, 5.74) is 2.28. The van der Waals surface area contributed by atoms with Crippen molar-refractivity contribution in [3.8, 4) is 0 Å². The zero-order valence-electron chi connectivity index (χ0n) is 11.2. The molecule has 0 amide bonds. The molecule has 0 aliphatic carbocycles. The van der Waals surface area contributed by atoms with Gasteiger partial charge in [0.25, 0.3) is 0 Å². The number of aromatic nitrogens is 3. The fourth-order valence-corrected chi connectivity index (χ4v) is 2.91. The van der Waals surface area contributed by atoms with Crippen LogP contribution in [-0.4, -0.2) is 21.1 Å². The average Bonchev–Trinajstić information content (AvgIpc) is 2.96. The van der Waals surface area contributed by atoms with Crippen molar-refractivity contribution in [1.82, 2.24) is 19.9 Å². The smallest absolute Gasteiger partial charge is 0.116 e. The Labute approximate surface area is 112 Å². The molecule has 0 spiro atoms. The highest BCUT2D eigenvalue weighted by molar-refractivity contribution is 7.09. The molecule has 98 valence electrons. The summed E-state index contributed by atoms with van der Waals surface area (Å²) in [6, 6.07) is 0.155. The van der Waals surface area contributed by atoms with E-state index < -0.39 is 0 Å². The van der Waals surface area contributed by atoms with Crippen molar-refractivity contribution in [3.63, 3.8) is 0 Å². The zero-order valence-corrected chi connectivity index (χ0v) is 12.0. The molecule has 0 aliphatic rings. The topological polar surface area (TPSA) is 42.7 Å². The Balaban J connectivity index is 2.31. The van der Waals surface area contributed by atoms with Gasteiger partial charge in [0.1, 0.15) is 11.0 Å². The Morgan fingerprint density at radius 2 is 2.28 bits per heavy atom. The molecule has 0 bridgehead atoms. The van der Waals surface area contributed by atoms with Gasteiger partial charge in [-0.15, -0.1) is 11.3 Å². The molecule has 2 aromatic rings. The van der Waals surface area contributed by atoms with Crippen LogP contribution in [0.1, 0.15) is 42.7 Å². The first-order valence-corrected chi connectivity index (χ1v) is 7.29. The molecule has 0 saturated carbocycles. The van der Waals surface area contributed by atoms with Crippen LogP contribution >= 0.6 is 11.3 Å². The van der Waals surface area contributed by atoms with Crippen LogP contribution < -0.4 is 5.32 Å². The van der Waals surface area contributed by atoms with Gasteiger partial charge in [0.15, 0.2) is 0 Å². The summed E-state index contributed by atoms with van der Waals surface area (Å²) in [4.78, 5) is 8.88. The second kappa shape index (κ2) is 6.11. The molecule has 0 radical (unpaired) electrons. The van der Waals surface area contributed by atoms with E-state index in [-0.39, 0.29) is 6.04 Å². The van der Waals surface area contributed by atoms with Gasteiger partial charge in [-0.2, -0.15) is 0 Å². The molecule has 1 unspecified atom stereocenters. The third-order valence-electron chi connectivity index (χ3n) is 2.80. The van der Waals surface area contributed by atoms with Crippen LogP contribution in [0.5, 0.6) is 0 Å². The lowest BCUT2D eigenvalue weighted by molar-refractivity contribution is 0.556. The number of rotatable bonds is 6. The van der Waals surface area contributed by atoms with Crippen LogP contribution in [0.25, 0.3) is 0 Å². The number of imidazole rings is 1. The molecule has 1 atom stereocenters.